The molecule has 0 fully saturated rings. The maximum Gasteiger partial charge on any atom is 0.191 e. The number of nitrogens with zero attached hydrogens (tertiary/aromatic N) is 1. The third-order valence-electron chi connectivity index (χ3n) is 3.38. The van der Waals surface area contributed by atoms with Crippen molar-refractivity contribution in [1.82, 2.24) is 10.6 Å². The Labute approximate surface area is 167 Å². The summed E-state index contributed by atoms with van der Waals surface area (Å²) in [6, 6.07) is 4.26. The van der Waals surface area contributed by atoms with Crippen LogP contribution >= 0.6 is 35.3 Å². The summed E-state index contributed by atoms with van der Waals surface area (Å²) in [7, 11) is 1.79. The number of aliphatic imine (C=N–C) groups is 1. The molecule has 1 heterocycles. The van der Waals surface area contributed by atoms with Gasteiger partial charge in [-0.3, -0.25) is 4.99 Å². The zero-order valence-corrected chi connectivity index (χ0v) is 18.2. The van der Waals surface area contributed by atoms with E-state index >= 15 is 0 Å². The van der Waals surface area contributed by atoms with Crippen LogP contribution in [-0.4, -0.2) is 52.5 Å². The zero-order chi connectivity index (χ0) is 16.8. The highest BCUT2D eigenvalue weighted by molar-refractivity contribution is 14.0. The molecule has 0 bridgehead atoms. The second-order valence-electron chi connectivity index (χ2n) is 5.37. The van der Waals surface area contributed by atoms with Gasteiger partial charge in [-0.1, -0.05) is 26.3 Å². The Bertz CT molecular complexity index is 416. The molecule has 140 valence electrons. The molecule has 1 unspecified atom stereocenters. The summed E-state index contributed by atoms with van der Waals surface area (Å²) in [4.78, 5) is 5.61. The number of hydrogen-bond donors (Lipinski definition) is 2. The highest BCUT2D eigenvalue weighted by atomic mass is 127. The molecule has 0 radical (unpaired) electrons. The molecule has 1 aromatic rings. The van der Waals surface area contributed by atoms with Crippen LogP contribution < -0.4 is 10.6 Å². The minimum atomic E-state index is 0. The van der Waals surface area contributed by atoms with E-state index in [9.17, 15) is 0 Å². The molecule has 0 amide bonds. The van der Waals surface area contributed by atoms with Crippen molar-refractivity contribution < 1.29 is 9.47 Å². The van der Waals surface area contributed by atoms with Crippen molar-refractivity contribution in [2.24, 2.45) is 4.99 Å². The number of ether oxygens (including phenoxy) is 2. The lowest BCUT2D eigenvalue weighted by Crippen LogP contribution is -2.40. The van der Waals surface area contributed by atoms with Crippen molar-refractivity contribution >= 4 is 41.3 Å². The number of rotatable bonds is 12. The number of thiophene rings is 1. The minimum Gasteiger partial charge on any atom is -0.379 e. The molecule has 0 aliphatic rings. The summed E-state index contributed by atoms with van der Waals surface area (Å²) in [5.41, 5.74) is 0. The first-order chi connectivity index (χ1) is 11.3. The van der Waals surface area contributed by atoms with Crippen LogP contribution in [0.5, 0.6) is 0 Å². The van der Waals surface area contributed by atoms with E-state index < -0.39 is 0 Å². The van der Waals surface area contributed by atoms with Crippen molar-refractivity contribution in [3.63, 3.8) is 0 Å². The van der Waals surface area contributed by atoms with E-state index in [0.717, 1.165) is 32.1 Å². The predicted molar refractivity (Wildman–Crippen MR) is 114 cm³/mol. The smallest absolute Gasteiger partial charge is 0.191 e. The molecule has 2 N–H and O–H groups in total. The Morgan fingerprint density at radius 1 is 1.21 bits per heavy atom. The molecule has 0 spiro atoms. The van der Waals surface area contributed by atoms with Crippen LogP contribution in [0, 0.1) is 0 Å². The molecule has 1 aromatic heterocycles. The van der Waals surface area contributed by atoms with Crippen LogP contribution in [0.15, 0.2) is 22.5 Å². The summed E-state index contributed by atoms with van der Waals surface area (Å²) in [5, 5.41) is 8.72. The summed E-state index contributed by atoms with van der Waals surface area (Å²) < 4.78 is 11.0. The Hall–Kier alpha value is -0.380. The Balaban J connectivity index is 0.00000529. The molecule has 0 saturated carbocycles. The van der Waals surface area contributed by atoms with Crippen LogP contribution in [-0.2, 0) is 9.47 Å². The average molecular weight is 469 g/mol. The number of guanidine groups is 1. The molecule has 0 aliphatic heterocycles. The lowest BCUT2D eigenvalue weighted by atomic mass is 10.1. The van der Waals surface area contributed by atoms with Crippen LogP contribution in [0.25, 0.3) is 0 Å². The topological polar surface area (TPSA) is 54.9 Å². The maximum atomic E-state index is 5.52. The monoisotopic (exact) mass is 469 g/mol. The van der Waals surface area contributed by atoms with Crippen LogP contribution in [0.1, 0.15) is 37.5 Å². The largest absolute Gasteiger partial charge is 0.379 e. The molecule has 5 nitrogen and oxygen atoms in total. The van der Waals surface area contributed by atoms with E-state index in [-0.39, 0.29) is 24.0 Å². The highest BCUT2D eigenvalue weighted by Gasteiger charge is 2.07. The van der Waals surface area contributed by atoms with Gasteiger partial charge in [-0.25, -0.2) is 0 Å². The van der Waals surface area contributed by atoms with E-state index in [1.54, 1.807) is 18.4 Å². The molecule has 0 saturated heterocycles. The number of nitrogens with one attached hydrogen (secondary N) is 2. The minimum absolute atomic E-state index is 0. The quantitative estimate of drug-likeness (QED) is 0.213. The third-order valence-corrected chi connectivity index (χ3v) is 4.49. The van der Waals surface area contributed by atoms with Crippen LogP contribution in [0.4, 0.5) is 0 Å². The van der Waals surface area contributed by atoms with Gasteiger partial charge in [-0.2, -0.15) is 0 Å². The van der Waals surface area contributed by atoms with Crippen molar-refractivity contribution in [2.45, 2.75) is 32.6 Å². The Morgan fingerprint density at radius 2 is 1.96 bits per heavy atom. The molecular formula is C17H32IN3O2S. The van der Waals surface area contributed by atoms with Gasteiger partial charge in [-0.05, 0) is 17.9 Å². The van der Waals surface area contributed by atoms with Gasteiger partial charge < -0.3 is 20.1 Å². The molecule has 1 rings (SSSR count). The summed E-state index contributed by atoms with van der Waals surface area (Å²) in [6.45, 7) is 8.78. The van der Waals surface area contributed by atoms with Gasteiger partial charge in [0.05, 0.1) is 19.8 Å². The Kier molecular flexibility index (Phi) is 15.9. The standard InChI is InChI=1S/C17H31N3O2S.HI/c1-4-5-9-21-11-12-22-10-8-19-17(18-3)20-14-15(2)16-7-6-13-23-16;/h6-7,13,15H,4-5,8-12,14H2,1-3H3,(H2,18,19,20);1H. The number of hydrogen-bond acceptors (Lipinski definition) is 4. The molecule has 7 heteroatoms. The van der Waals surface area contributed by atoms with Gasteiger partial charge in [0, 0.05) is 37.5 Å². The van der Waals surface area contributed by atoms with Gasteiger partial charge in [0.2, 0.25) is 0 Å². The fraction of sp³-hybridized carbons (Fsp3) is 0.706. The van der Waals surface area contributed by atoms with Crippen LogP contribution in [0.3, 0.4) is 0 Å². The number of unbranched alkanes of at least 4 members (excludes halogenated alkanes) is 1. The first-order valence-corrected chi connectivity index (χ1v) is 9.29. The van der Waals surface area contributed by atoms with Gasteiger partial charge in [0.25, 0.3) is 0 Å². The average Bonchev–Trinajstić information content (AvgIpc) is 3.10. The Morgan fingerprint density at radius 3 is 2.58 bits per heavy atom. The molecule has 24 heavy (non-hydrogen) atoms. The third kappa shape index (κ3) is 11.2. The summed E-state index contributed by atoms with van der Waals surface area (Å²) in [5.74, 6) is 1.29. The van der Waals surface area contributed by atoms with E-state index in [2.05, 4.69) is 47.0 Å². The molecule has 1 atom stereocenters. The van der Waals surface area contributed by atoms with E-state index in [4.69, 9.17) is 9.47 Å². The fourth-order valence-electron chi connectivity index (χ4n) is 1.95. The van der Waals surface area contributed by atoms with Crippen LogP contribution in [0.2, 0.25) is 0 Å². The zero-order valence-electron chi connectivity index (χ0n) is 15.0. The van der Waals surface area contributed by atoms with Crippen molar-refractivity contribution in [3.8, 4) is 0 Å². The first kappa shape index (κ1) is 23.6. The second kappa shape index (κ2) is 16.1. The lowest BCUT2D eigenvalue weighted by molar-refractivity contribution is 0.0487. The molecule has 0 aliphatic carbocycles. The number of halogens is 1. The van der Waals surface area contributed by atoms with Gasteiger partial charge >= 0.3 is 0 Å². The first-order valence-electron chi connectivity index (χ1n) is 8.41. The lowest BCUT2D eigenvalue weighted by Gasteiger charge is -2.15. The SMILES string of the molecule is CCCCOCCOCCNC(=NC)NCC(C)c1cccs1.I. The highest BCUT2D eigenvalue weighted by Crippen LogP contribution is 2.19. The fourth-order valence-corrected chi connectivity index (χ4v) is 2.74. The second-order valence-corrected chi connectivity index (χ2v) is 6.35. The van der Waals surface area contributed by atoms with Gasteiger partial charge in [-0.15, -0.1) is 35.3 Å². The normalized spacial score (nSPS) is 12.5. The summed E-state index contributed by atoms with van der Waals surface area (Å²) in [6.07, 6.45) is 2.29. The van der Waals surface area contributed by atoms with E-state index in [0.29, 0.717) is 25.7 Å². The molecular weight excluding hydrogens is 437 g/mol. The predicted octanol–water partition coefficient (Wildman–Crippen LogP) is 3.47. The van der Waals surface area contributed by atoms with Gasteiger partial charge in [0.1, 0.15) is 0 Å². The van der Waals surface area contributed by atoms with Crippen molar-refractivity contribution in [3.05, 3.63) is 22.4 Å². The summed E-state index contributed by atoms with van der Waals surface area (Å²) >= 11 is 1.79. The molecule has 0 aromatic carbocycles. The van der Waals surface area contributed by atoms with E-state index in [1.165, 1.54) is 11.3 Å². The van der Waals surface area contributed by atoms with Crippen molar-refractivity contribution in [1.29, 1.82) is 0 Å². The van der Waals surface area contributed by atoms with E-state index in [1.807, 2.05) is 0 Å². The van der Waals surface area contributed by atoms with Crippen molar-refractivity contribution in [2.75, 3.05) is 46.6 Å². The maximum absolute atomic E-state index is 5.52. The van der Waals surface area contributed by atoms with Gasteiger partial charge in [0.15, 0.2) is 5.96 Å².